The SMILES string of the molecule is CCNS(=O)(=O)c1ccccc1NC(C)CN. The normalized spacial score (nSPS) is 13.4. The van der Waals surface area contributed by atoms with Crippen molar-refractivity contribution in [2.45, 2.75) is 24.8 Å². The standard InChI is InChI=1S/C11H19N3O2S/c1-3-13-17(15,16)11-7-5-4-6-10(11)14-9(2)8-12/h4-7,9,13-14H,3,8,12H2,1-2H3. The van der Waals surface area contributed by atoms with Gasteiger partial charge in [-0.05, 0) is 19.1 Å². The molecule has 1 atom stereocenters. The Balaban J connectivity index is 3.08. The number of nitrogens with two attached hydrogens (primary N) is 1. The molecule has 0 bridgehead atoms. The zero-order valence-corrected chi connectivity index (χ0v) is 10.9. The van der Waals surface area contributed by atoms with Crippen molar-refractivity contribution in [1.29, 1.82) is 0 Å². The van der Waals surface area contributed by atoms with Crippen LogP contribution >= 0.6 is 0 Å². The van der Waals surface area contributed by atoms with Crippen LogP contribution in [0.5, 0.6) is 0 Å². The molecular weight excluding hydrogens is 238 g/mol. The van der Waals surface area contributed by atoms with Crippen LogP contribution in [0.4, 0.5) is 5.69 Å². The van der Waals surface area contributed by atoms with Crippen molar-refractivity contribution < 1.29 is 8.42 Å². The minimum atomic E-state index is -3.45. The minimum absolute atomic E-state index is 0.0213. The third kappa shape index (κ3) is 3.69. The Labute approximate surface area is 102 Å². The van der Waals surface area contributed by atoms with Gasteiger partial charge in [-0.1, -0.05) is 19.1 Å². The Bertz CT molecular complexity index is 460. The highest BCUT2D eigenvalue weighted by atomic mass is 32.2. The Morgan fingerprint density at radius 2 is 2.00 bits per heavy atom. The number of anilines is 1. The minimum Gasteiger partial charge on any atom is -0.380 e. The molecule has 0 saturated carbocycles. The van der Waals surface area contributed by atoms with Gasteiger partial charge in [-0.3, -0.25) is 0 Å². The first-order chi connectivity index (χ1) is 8.01. The molecule has 0 aliphatic rings. The van der Waals surface area contributed by atoms with Crippen LogP contribution in [0, 0.1) is 0 Å². The third-order valence-electron chi connectivity index (χ3n) is 2.27. The molecule has 0 radical (unpaired) electrons. The van der Waals surface area contributed by atoms with Gasteiger partial charge in [0.05, 0.1) is 5.69 Å². The van der Waals surface area contributed by atoms with Crippen LogP contribution < -0.4 is 15.8 Å². The summed E-state index contributed by atoms with van der Waals surface area (Å²) in [5.74, 6) is 0. The zero-order valence-electron chi connectivity index (χ0n) is 10.1. The van der Waals surface area contributed by atoms with Gasteiger partial charge in [0.15, 0.2) is 0 Å². The number of rotatable bonds is 6. The summed E-state index contributed by atoms with van der Waals surface area (Å²) in [6.07, 6.45) is 0. The summed E-state index contributed by atoms with van der Waals surface area (Å²) in [5.41, 5.74) is 6.09. The lowest BCUT2D eigenvalue weighted by molar-refractivity contribution is 0.584. The largest absolute Gasteiger partial charge is 0.380 e. The molecule has 0 spiro atoms. The molecule has 1 unspecified atom stereocenters. The molecule has 0 amide bonds. The van der Waals surface area contributed by atoms with Gasteiger partial charge in [-0.15, -0.1) is 0 Å². The number of para-hydroxylation sites is 1. The first kappa shape index (κ1) is 14.0. The molecule has 0 aliphatic carbocycles. The van der Waals surface area contributed by atoms with Crippen molar-refractivity contribution in [2.24, 2.45) is 5.73 Å². The van der Waals surface area contributed by atoms with Crippen LogP contribution in [-0.2, 0) is 10.0 Å². The Kier molecular flexibility index (Phi) is 4.92. The lowest BCUT2D eigenvalue weighted by atomic mass is 10.2. The van der Waals surface area contributed by atoms with E-state index in [9.17, 15) is 8.42 Å². The third-order valence-corrected chi connectivity index (χ3v) is 3.87. The van der Waals surface area contributed by atoms with Crippen molar-refractivity contribution in [3.05, 3.63) is 24.3 Å². The van der Waals surface area contributed by atoms with Gasteiger partial charge in [-0.25, -0.2) is 13.1 Å². The predicted octanol–water partition coefficient (Wildman–Crippen LogP) is 0.744. The predicted molar refractivity (Wildman–Crippen MR) is 69.4 cm³/mol. The monoisotopic (exact) mass is 257 g/mol. The topological polar surface area (TPSA) is 84.2 Å². The molecule has 1 aromatic carbocycles. The number of benzene rings is 1. The van der Waals surface area contributed by atoms with E-state index in [2.05, 4.69) is 10.0 Å². The summed E-state index contributed by atoms with van der Waals surface area (Å²) in [6.45, 7) is 4.45. The molecule has 96 valence electrons. The van der Waals surface area contributed by atoms with Crippen LogP contribution in [-0.4, -0.2) is 27.5 Å². The summed E-state index contributed by atoms with van der Waals surface area (Å²) in [5, 5.41) is 3.08. The van der Waals surface area contributed by atoms with Gasteiger partial charge in [-0.2, -0.15) is 0 Å². The number of hydrogen-bond donors (Lipinski definition) is 3. The average Bonchev–Trinajstić information content (AvgIpc) is 2.29. The van der Waals surface area contributed by atoms with E-state index in [1.54, 1.807) is 31.2 Å². The van der Waals surface area contributed by atoms with Crippen LogP contribution in [0.1, 0.15) is 13.8 Å². The fourth-order valence-corrected chi connectivity index (χ4v) is 2.62. The molecule has 0 heterocycles. The van der Waals surface area contributed by atoms with E-state index < -0.39 is 10.0 Å². The molecule has 6 heteroatoms. The van der Waals surface area contributed by atoms with Gasteiger partial charge in [0.2, 0.25) is 10.0 Å². The Morgan fingerprint density at radius 1 is 1.35 bits per heavy atom. The second-order valence-electron chi connectivity index (χ2n) is 3.78. The van der Waals surface area contributed by atoms with Gasteiger partial charge in [0.25, 0.3) is 0 Å². The van der Waals surface area contributed by atoms with Crippen LogP contribution in [0.15, 0.2) is 29.2 Å². The number of hydrogen-bond acceptors (Lipinski definition) is 4. The number of nitrogens with one attached hydrogen (secondary N) is 2. The summed E-state index contributed by atoms with van der Waals surface area (Å²) in [4.78, 5) is 0.252. The van der Waals surface area contributed by atoms with Gasteiger partial charge in [0.1, 0.15) is 4.90 Å². The summed E-state index contributed by atoms with van der Waals surface area (Å²) >= 11 is 0. The second kappa shape index (κ2) is 6.00. The van der Waals surface area contributed by atoms with Crippen molar-refractivity contribution >= 4 is 15.7 Å². The quantitative estimate of drug-likeness (QED) is 0.702. The Hall–Kier alpha value is -1.11. The summed E-state index contributed by atoms with van der Waals surface area (Å²) in [7, 11) is -3.45. The zero-order chi connectivity index (χ0) is 12.9. The molecular formula is C11H19N3O2S. The average molecular weight is 257 g/mol. The first-order valence-electron chi connectivity index (χ1n) is 5.56. The number of sulfonamides is 1. The van der Waals surface area contributed by atoms with Crippen LogP contribution in [0.2, 0.25) is 0 Å². The highest BCUT2D eigenvalue weighted by molar-refractivity contribution is 7.89. The molecule has 1 aromatic rings. The molecule has 0 aromatic heterocycles. The maximum Gasteiger partial charge on any atom is 0.242 e. The molecule has 0 fully saturated rings. The molecule has 4 N–H and O–H groups in total. The van der Waals surface area contributed by atoms with E-state index in [0.29, 0.717) is 18.8 Å². The molecule has 5 nitrogen and oxygen atoms in total. The van der Waals surface area contributed by atoms with Crippen LogP contribution in [0.3, 0.4) is 0 Å². The maximum atomic E-state index is 11.9. The first-order valence-corrected chi connectivity index (χ1v) is 7.05. The van der Waals surface area contributed by atoms with E-state index in [4.69, 9.17) is 5.73 Å². The van der Waals surface area contributed by atoms with Crippen molar-refractivity contribution in [3.8, 4) is 0 Å². The second-order valence-corrected chi connectivity index (χ2v) is 5.51. The van der Waals surface area contributed by atoms with Crippen molar-refractivity contribution in [1.82, 2.24) is 4.72 Å². The maximum absolute atomic E-state index is 11.9. The molecule has 0 aliphatic heterocycles. The lowest BCUT2D eigenvalue weighted by Crippen LogP contribution is -2.28. The molecule has 17 heavy (non-hydrogen) atoms. The molecule has 1 rings (SSSR count). The van der Waals surface area contributed by atoms with Crippen LogP contribution in [0.25, 0.3) is 0 Å². The van der Waals surface area contributed by atoms with E-state index in [1.165, 1.54) is 0 Å². The van der Waals surface area contributed by atoms with E-state index in [0.717, 1.165) is 0 Å². The van der Waals surface area contributed by atoms with E-state index >= 15 is 0 Å². The molecule has 0 saturated heterocycles. The fourth-order valence-electron chi connectivity index (χ4n) is 1.41. The lowest BCUT2D eigenvalue weighted by Gasteiger charge is -2.16. The van der Waals surface area contributed by atoms with Gasteiger partial charge in [0, 0.05) is 19.1 Å². The van der Waals surface area contributed by atoms with E-state index in [-0.39, 0.29) is 10.9 Å². The van der Waals surface area contributed by atoms with Gasteiger partial charge >= 0.3 is 0 Å². The fraction of sp³-hybridized carbons (Fsp3) is 0.455. The van der Waals surface area contributed by atoms with Gasteiger partial charge < -0.3 is 11.1 Å². The van der Waals surface area contributed by atoms with Crippen molar-refractivity contribution in [3.63, 3.8) is 0 Å². The Morgan fingerprint density at radius 3 is 2.59 bits per heavy atom. The highest BCUT2D eigenvalue weighted by Gasteiger charge is 2.17. The van der Waals surface area contributed by atoms with E-state index in [1.807, 2.05) is 6.92 Å². The van der Waals surface area contributed by atoms with Crippen molar-refractivity contribution in [2.75, 3.05) is 18.4 Å². The highest BCUT2D eigenvalue weighted by Crippen LogP contribution is 2.21. The summed E-state index contributed by atoms with van der Waals surface area (Å²) < 4.78 is 26.4. The summed E-state index contributed by atoms with van der Waals surface area (Å²) in [6, 6.07) is 6.81. The smallest absolute Gasteiger partial charge is 0.242 e.